The van der Waals surface area contributed by atoms with Crippen LogP contribution in [-0.2, 0) is 0 Å². The van der Waals surface area contributed by atoms with Gasteiger partial charge in [-0.15, -0.1) is 0 Å². The largest absolute Gasteiger partial charge is 0.208 e. The molecule has 7 aromatic rings. The lowest BCUT2D eigenvalue weighted by Crippen LogP contribution is -2.49. The molecule has 0 spiro atoms. The molecule has 8 rings (SSSR count). The minimum Gasteiger partial charge on any atom is -0.208 e. The SMILES string of the molecule is C[Si]1(C)c2ccccc2-c2cc(-c3nc(-c4ccccc4)nc(-c4ccc(-c5cccc6ccccc56)cc4)n3)ccc21. The van der Waals surface area contributed by atoms with E-state index in [2.05, 4.69) is 134 Å². The van der Waals surface area contributed by atoms with E-state index in [0.29, 0.717) is 17.5 Å². The molecular weight excluding hydrogens is 539 g/mol. The Morgan fingerprint density at radius 3 is 1.72 bits per heavy atom. The van der Waals surface area contributed by atoms with E-state index in [-0.39, 0.29) is 0 Å². The van der Waals surface area contributed by atoms with Gasteiger partial charge in [0.2, 0.25) is 0 Å². The van der Waals surface area contributed by atoms with Crippen LogP contribution in [0.4, 0.5) is 0 Å². The first-order chi connectivity index (χ1) is 21.1. The van der Waals surface area contributed by atoms with Crippen molar-refractivity contribution in [1.82, 2.24) is 15.0 Å². The molecular formula is C39H29N3Si. The van der Waals surface area contributed by atoms with Crippen molar-refractivity contribution in [2.75, 3.05) is 0 Å². The zero-order chi connectivity index (χ0) is 29.0. The molecule has 0 radical (unpaired) electrons. The van der Waals surface area contributed by atoms with Crippen molar-refractivity contribution in [2.45, 2.75) is 13.1 Å². The van der Waals surface area contributed by atoms with Crippen LogP contribution in [0, 0.1) is 0 Å². The molecule has 6 aromatic carbocycles. The minimum atomic E-state index is -1.74. The fraction of sp³-hybridized carbons (Fsp3) is 0.0513. The van der Waals surface area contributed by atoms with E-state index in [0.717, 1.165) is 16.7 Å². The Labute approximate surface area is 252 Å². The second kappa shape index (κ2) is 9.97. The van der Waals surface area contributed by atoms with Gasteiger partial charge in [0.1, 0.15) is 8.07 Å². The van der Waals surface area contributed by atoms with Gasteiger partial charge in [-0.1, -0.05) is 147 Å². The summed E-state index contributed by atoms with van der Waals surface area (Å²) >= 11 is 0. The Kier molecular flexibility index (Phi) is 5.91. The molecule has 3 nitrogen and oxygen atoms in total. The summed E-state index contributed by atoms with van der Waals surface area (Å²) in [5.74, 6) is 2.03. The van der Waals surface area contributed by atoms with Gasteiger partial charge in [0, 0.05) is 16.7 Å². The van der Waals surface area contributed by atoms with Crippen molar-refractivity contribution in [3.05, 3.63) is 140 Å². The topological polar surface area (TPSA) is 38.7 Å². The normalized spacial score (nSPS) is 13.1. The van der Waals surface area contributed by atoms with Crippen LogP contribution in [0.2, 0.25) is 13.1 Å². The third-order valence-electron chi connectivity index (χ3n) is 8.75. The monoisotopic (exact) mass is 567 g/mol. The number of hydrogen-bond donors (Lipinski definition) is 0. The van der Waals surface area contributed by atoms with E-state index < -0.39 is 8.07 Å². The van der Waals surface area contributed by atoms with Gasteiger partial charge in [0.25, 0.3) is 0 Å². The summed E-state index contributed by atoms with van der Waals surface area (Å²) in [5, 5.41) is 5.45. The summed E-state index contributed by atoms with van der Waals surface area (Å²) in [6.07, 6.45) is 0. The second-order valence-electron chi connectivity index (χ2n) is 11.7. The molecule has 1 aliphatic rings. The third-order valence-corrected chi connectivity index (χ3v) is 12.3. The molecule has 0 fully saturated rings. The van der Waals surface area contributed by atoms with Crippen LogP contribution in [0.3, 0.4) is 0 Å². The summed E-state index contributed by atoms with van der Waals surface area (Å²) in [6.45, 7) is 4.88. The molecule has 2 heterocycles. The van der Waals surface area contributed by atoms with Crippen LogP contribution in [0.15, 0.2) is 140 Å². The van der Waals surface area contributed by atoms with Crippen molar-refractivity contribution < 1.29 is 0 Å². The fourth-order valence-corrected chi connectivity index (χ4v) is 9.56. The molecule has 0 amide bonds. The summed E-state index contributed by atoms with van der Waals surface area (Å²) < 4.78 is 0. The van der Waals surface area contributed by atoms with Crippen molar-refractivity contribution in [2.24, 2.45) is 0 Å². The Morgan fingerprint density at radius 1 is 0.395 bits per heavy atom. The molecule has 0 N–H and O–H groups in total. The van der Waals surface area contributed by atoms with Crippen LogP contribution in [0.25, 0.3) is 67.2 Å². The molecule has 0 saturated carbocycles. The maximum atomic E-state index is 5.06. The first-order valence-corrected chi connectivity index (χ1v) is 17.7. The quantitative estimate of drug-likeness (QED) is 0.200. The van der Waals surface area contributed by atoms with Crippen LogP contribution < -0.4 is 10.4 Å². The van der Waals surface area contributed by atoms with Gasteiger partial charge < -0.3 is 0 Å². The molecule has 204 valence electrons. The first-order valence-electron chi connectivity index (χ1n) is 14.7. The predicted octanol–water partition coefficient (Wildman–Crippen LogP) is 8.50. The highest BCUT2D eigenvalue weighted by Crippen LogP contribution is 2.33. The highest BCUT2D eigenvalue weighted by atomic mass is 28.3. The lowest BCUT2D eigenvalue weighted by atomic mass is 9.97. The van der Waals surface area contributed by atoms with Crippen molar-refractivity contribution in [3.63, 3.8) is 0 Å². The average Bonchev–Trinajstić information content (AvgIpc) is 3.30. The lowest BCUT2D eigenvalue weighted by Gasteiger charge is -2.18. The van der Waals surface area contributed by atoms with Gasteiger partial charge in [-0.25, -0.2) is 15.0 Å². The van der Waals surface area contributed by atoms with Crippen LogP contribution in [-0.4, -0.2) is 23.0 Å². The molecule has 0 atom stereocenters. The molecule has 1 aliphatic heterocycles. The summed E-state index contributed by atoms with van der Waals surface area (Å²) in [4.78, 5) is 15.0. The van der Waals surface area contributed by atoms with Crippen molar-refractivity contribution in [1.29, 1.82) is 0 Å². The van der Waals surface area contributed by atoms with E-state index in [9.17, 15) is 0 Å². The number of benzene rings is 6. The van der Waals surface area contributed by atoms with Crippen LogP contribution in [0.5, 0.6) is 0 Å². The summed E-state index contributed by atoms with van der Waals surface area (Å²) in [7, 11) is -1.74. The third kappa shape index (κ3) is 4.30. The summed E-state index contributed by atoms with van der Waals surface area (Å²) in [5.41, 5.74) is 7.99. The molecule has 0 saturated heterocycles. The van der Waals surface area contributed by atoms with Crippen LogP contribution in [0.1, 0.15) is 0 Å². The molecule has 43 heavy (non-hydrogen) atoms. The average molecular weight is 568 g/mol. The maximum Gasteiger partial charge on any atom is 0.164 e. The Hall–Kier alpha value is -5.19. The van der Waals surface area contributed by atoms with E-state index in [1.807, 2.05) is 18.2 Å². The maximum absolute atomic E-state index is 5.06. The van der Waals surface area contributed by atoms with Gasteiger partial charge in [0.15, 0.2) is 17.5 Å². The predicted molar refractivity (Wildman–Crippen MR) is 181 cm³/mol. The minimum absolute atomic E-state index is 0.670. The zero-order valence-electron chi connectivity index (χ0n) is 24.1. The Bertz CT molecular complexity index is 2150. The van der Waals surface area contributed by atoms with E-state index >= 15 is 0 Å². The molecule has 0 aliphatic carbocycles. The van der Waals surface area contributed by atoms with Gasteiger partial charge in [-0.2, -0.15) is 0 Å². The number of aromatic nitrogens is 3. The second-order valence-corrected chi connectivity index (χ2v) is 16.0. The Morgan fingerprint density at radius 2 is 0.930 bits per heavy atom. The van der Waals surface area contributed by atoms with Gasteiger partial charge in [0.05, 0.1) is 0 Å². The van der Waals surface area contributed by atoms with Gasteiger partial charge in [-0.3, -0.25) is 0 Å². The number of nitrogens with zero attached hydrogens (tertiary/aromatic N) is 3. The van der Waals surface area contributed by atoms with Crippen LogP contribution >= 0.6 is 0 Å². The number of fused-ring (bicyclic) bond motifs is 4. The zero-order valence-corrected chi connectivity index (χ0v) is 25.1. The smallest absolute Gasteiger partial charge is 0.164 e. The van der Waals surface area contributed by atoms with E-state index in [4.69, 9.17) is 15.0 Å². The van der Waals surface area contributed by atoms with Gasteiger partial charge >= 0.3 is 0 Å². The van der Waals surface area contributed by atoms with E-state index in [1.54, 1.807) is 0 Å². The lowest BCUT2D eigenvalue weighted by molar-refractivity contribution is 1.07. The van der Waals surface area contributed by atoms with Crippen molar-refractivity contribution >= 4 is 29.2 Å². The highest BCUT2D eigenvalue weighted by molar-refractivity contribution is 7.03. The number of rotatable bonds is 4. The number of hydrogen-bond acceptors (Lipinski definition) is 3. The summed E-state index contributed by atoms with van der Waals surface area (Å²) in [6, 6.07) is 49.4. The first kappa shape index (κ1) is 25.5. The molecule has 1 aromatic heterocycles. The van der Waals surface area contributed by atoms with E-state index in [1.165, 1.54) is 43.4 Å². The Balaban J connectivity index is 1.25. The van der Waals surface area contributed by atoms with Crippen molar-refractivity contribution in [3.8, 4) is 56.4 Å². The van der Waals surface area contributed by atoms with Gasteiger partial charge in [-0.05, 0) is 49.5 Å². The fourth-order valence-electron chi connectivity index (χ4n) is 6.49. The molecule has 4 heteroatoms. The molecule has 0 unspecified atom stereocenters. The standard InChI is InChI=1S/C39H29N3Si/c1-43(2)35-18-9-8-16-33(35)34-25-30(23-24-36(34)43)39-41-37(28-12-4-3-5-13-28)40-38(42-39)29-21-19-27(20-22-29)32-17-10-14-26-11-6-7-15-31(26)32/h3-25H,1-2H3. The molecule has 0 bridgehead atoms. The highest BCUT2D eigenvalue weighted by Gasteiger charge is 2.37.